The molecule has 0 heterocycles. The Labute approximate surface area is 157 Å². The smallest absolute Gasteiger partial charge is 0.251 e. The van der Waals surface area contributed by atoms with Crippen LogP contribution in [0.3, 0.4) is 0 Å². The van der Waals surface area contributed by atoms with Gasteiger partial charge in [0.2, 0.25) is 5.91 Å². The molecule has 0 unspecified atom stereocenters. The molecule has 0 saturated carbocycles. The third-order valence-electron chi connectivity index (χ3n) is 3.97. The van der Waals surface area contributed by atoms with Gasteiger partial charge in [-0.05, 0) is 43.2 Å². The number of amides is 3. The van der Waals surface area contributed by atoms with Crippen molar-refractivity contribution in [3.05, 3.63) is 70.5 Å². The fourth-order valence-electron chi connectivity index (χ4n) is 2.36. The predicted molar refractivity (Wildman–Crippen MR) is 100.0 cm³/mol. The maximum atomic E-state index is 13.5. The number of nitrogens with one attached hydrogen (secondary N) is 3. The number of carbonyl (C=O) groups excluding carboxylic acids is 3. The summed E-state index contributed by atoms with van der Waals surface area (Å²) in [6, 6.07) is 11.3. The average molecular weight is 371 g/mol. The van der Waals surface area contributed by atoms with Crippen LogP contribution >= 0.6 is 0 Å². The summed E-state index contributed by atoms with van der Waals surface area (Å²) in [5, 5.41) is 7.73. The molecule has 2 aromatic carbocycles. The van der Waals surface area contributed by atoms with Crippen LogP contribution in [0.25, 0.3) is 0 Å². The van der Waals surface area contributed by atoms with E-state index in [2.05, 4.69) is 16.0 Å². The topological polar surface area (TPSA) is 87.3 Å². The predicted octanol–water partition coefficient (Wildman–Crippen LogP) is 1.72. The van der Waals surface area contributed by atoms with Crippen LogP contribution in [-0.4, -0.2) is 37.4 Å². The standard InChI is InChI=1S/C20H22FN3O3/c1-13-5-3-4-6-16(13)20(27)24-12-18(25)22-9-10-23-19(26)15-8-7-14(2)17(21)11-15/h3-8,11H,9-10,12H2,1-2H3,(H,22,25)(H,23,26)(H,24,27). The molecule has 0 atom stereocenters. The highest BCUT2D eigenvalue weighted by molar-refractivity contribution is 5.97. The highest BCUT2D eigenvalue weighted by Crippen LogP contribution is 2.09. The van der Waals surface area contributed by atoms with Crippen LogP contribution in [0.1, 0.15) is 31.8 Å². The molecule has 142 valence electrons. The summed E-state index contributed by atoms with van der Waals surface area (Å²) >= 11 is 0. The van der Waals surface area contributed by atoms with Crippen molar-refractivity contribution in [3.8, 4) is 0 Å². The minimum Gasteiger partial charge on any atom is -0.353 e. The summed E-state index contributed by atoms with van der Waals surface area (Å²) in [5.74, 6) is -1.55. The van der Waals surface area contributed by atoms with Gasteiger partial charge >= 0.3 is 0 Å². The lowest BCUT2D eigenvalue weighted by molar-refractivity contribution is -0.120. The first-order valence-corrected chi connectivity index (χ1v) is 8.53. The molecule has 2 aromatic rings. The van der Waals surface area contributed by atoms with Crippen LogP contribution in [0.5, 0.6) is 0 Å². The molecule has 0 radical (unpaired) electrons. The maximum absolute atomic E-state index is 13.5. The van der Waals surface area contributed by atoms with E-state index in [1.165, 1.54) is 18.2 Å². The van der Waals surface area contributed by atoms with E-state index in [-0.39, 0.29) is 37.0 Å². The average Bonchev–Trinajstić information content (AvgIpc) is 2.65. The quantitative estimate of drug-likeness (QED) is 0.648. The molecule has 3 amide bonds. The molecule has 0 aromatic heterocycles. The SMILES string of the molecule is Cc1ccc(C(=O)NCCNC(=O)CNC(=O)c2ccccc2C)cc1F. The van der Waals surface area contributed by atoms with Gasteiger partial charge in [-0.3, -0.25) is 14.4 Å². The van der Waals surface area contributed by atoms with Crippen molar-refractivity contribution < 1.29 is 18.8 Å². The zero-order valence-corrected chi connectivity index (χ0v) is 15.3. The van der Waals surface area contributed by atoms with Crippen LogP contribution in [-0.2, 0) is 4.79 Å². The minimum absolute atomic E-state index is 0.162. The van der Waals surface area contributed by atoms with Gasteiger partial charge in [-0.15, -0.1) is 0 Å². The lowest BCUT2D eigenvalue weighted by Gasteiger charge is -2.09. The van der Waals surface area contributed by atoms with E-state index in [9.17, 15) is 18.8 Å². The van der Waals surface area contributed by atoms with Crippen molar-refractivity contribution in [3.63, 3.8) is 0 Å². The molecule has 0 aliphatic carbocycles. The summed E-state index contributed by atoms with van der Waals surface area (Å²) in [4.78, 5) is 35.7. The Hall–Kier alpha value is -3.22. The Morgan fingerprint density at radius 3 is 2.26 bits per heavy atom. The highest BCUT2D eigenvalue weighted by Gasteiger charge is 2.10. The molecular formula is C20H22FN3O3. The summed E-state index contributed by atoms with van der Waals surface area (Å²) < 4.78 is 13.5. The zero-order chi connectivity index (χ0) is 19.8. The third-order valence-corrected chi connectivity index (χ3v) is 3.97. The lowest BCUT2D eigenvalue weighted by atomic mass is 10.1. The lowest BCUT2D eigenvalue weighted by Crippen LogP contribution is -2.40. The van der Waals surface area contributed by atoms with Crippen molar-refractivity contribution in [1.82, 2.24) is 16.0 Å². The molecule has 27 heavy (non-hydrogen) atoms. The van der Waals surface area contributed by atoms with Gasteiger partial charge in [0.15, 0.2) is 0 Å². The Bertz CT molecular complexity index is 852. The Balaban J connectivity index is 1.68. The number of rotatable bonds is 7. The summed E-state index contributed by atoms with van der Waals surface area (Å²) in [6.45, 7) is 3.65. The minimum atomic E-state index is -0.444. The maximum Gasteiger partial charge on any atom is 0.251 e. The molecule has 0 aliphatic heterocycles. The molecule has 0 saturated heterocycles. The molecule has 0 fully saturated rings. The van der Waals surface area contributed by atoms with E-state index in [1.807, 2.05) is 19.1 Å². The van der Waals surface area contributed by atoms with Gasteiger partial charge in [0, 0.05) is 24.2 Å². The number of hydrogen-bond acceptors (Lipinski definition) is 3. The summed E-state index contributed by atoms with van der Waals surface area (Å²) in [7, 11) is 0. The van der Waals surface area contributed by atoms with Crippen molar-refractivity contribution in [2.24, 2.45) is 0 Å². The monoisotopic (exact) mass is 371 g/mol. The third kappa shape index (κ3) is 5.91. The van der Waals surface area contributed by atoms with E-state index >= 15 is 0 Å². The molecule has 3 N–H and O–H groups in total. The van der Waals surface area contributed by atoms with Crippen LogP contribution in [0.2, 0.25) is 0 Å². The van der Waals surface area contributed by atoms with E-state index in [0.29, 0.717) is 11.1 Å². The van der Waals surface area contributed by atoms with E-state index < -0.39 is 11.7 Å². The number of halogens is 1. The molecule has 0 bridgehead atoms. The molecule has 0 spiro atoms. The number of carbonyl (C=O) groups is 3. The Morgan fingerprint density at radius 1 is 0.852 bits per heavy atom. The normalized spacial score (nSPS) is 10.2. The molecule has 2 rings (SSSR count). The molecule has 7 heteroatoms. The summed E-state index contributed by atoms with van der Waals surface area (Å²) in [6.07, 6.45) is 0. The van der Waals surface area contributed by atoms with E-state index in [1.54, 1.807) is 19.1 Å². The van der Waals surface area contributed by atoms with Gasteiger partial charge in [0.1, 0.15) is 5.82 Å². The first-order valence-electron chi connectivity index (χ1n) is 8.53. The molecule has 6 nitrogen and oxygen atoms in total. The van der Waals surface area contributed by atoms with Crippen molar-refractivity contribution in [2.45, 2.75) is 13.8 Å². The van der Waals surface area contributed by atoms with Gasteiger partial charge < -0.3 is 16.0 Å². The van der Waals surface area contributed by atoms with Gasteiger partial charge in [0.25, 0.3) is 11.8 Å². The first kappa shape index (κ1) is 20.1. The fraction of sp³-hybridized carbons (Fsp3) is 0.250. The van der Waals surface area contributed by atoms with Crippen LogP contribution in [0.4, 0.5) is 4.39 Å². The van der Waals surface area contributed by atoms with Gasteiger partial charge in [0.05, 0.1) is 6.54 Å². The van der Waals surface area contributed by atoms with E-state index in [0.717, 1.165) is 5.56 Å². The summed E-state index contributed by atoms with van der Waals surface area (Å²) in [5.41, 5.74) is 2.02. The van der Waals surface area contributed by atoms with Crippen LogP contribution in [0, 0.1) is 19.7 Å². The number of aryl methyl sites for hydroxylation is 2. The second-order valence-corrected chi connectivity index (χ2v) is 6.07. The van der Waals surface area contributed by atoms with Crippen LogP contribution < -0.4 is 16.0 Å². The first-order chi connectivity index (χ1) is 12.9. The van der Waals surface area contributed by atoms with E-state index in [4.69, 9.17) is 0 Å². The Morgan fingerprint density at radius 2 is 1.56 bits per heavy atom. The second-order valence-electron chi connectivity index (χ2n) is 6.07. The Kier molecular flexibility index (Phi) is 7.05. The number of hydrogen-bond donors (Lipinski definition) is 3. The van der Waals surface area contributed by atoms with Crippen molar-refractivity contribution >= 4 is 17.7 Å². The highest BCUT2D eigenvalue weighted by atomic mass is 19.1. The number of benzene rings is 2. The van der Waals surface area contributed by atoms with Crippen LogP contribution in [0.15, 0.2) is 42.5 Å². The zero-order valence-electron chi connectivity index (χ0n) is 15.3. The fourth-order valence-corrected chi connectivity index (χ4v) is 2.36. The van der Waals surface area contributed by atoms with Gasteiger partial charge in [-0.25, -0.2) is 4.39 Å². The van der Waals surface area contributed by atoms with Gasteiger partial charge in [-0.1, -0.05) is 24.3 Å². The molecule has 0 aliphatic rings. The second kappa shape index (κ2) is 9.47. The van der Waals surface area contributed by atoms with Gasteiger partial charge in [-0.2, -0.15) is 0 Å². The largest absolute Gasteiger partial charge is 0.353 e. The van der Waals surface area contributed by atoms with Crippen molar-refractivity contribution in [2.75, 3.05) is 19.6 Å². The molecular weight excluding hydrogens is 349 g/mol. The van der Waals surface area contributed by atoms with Crippen molar-refractivity contribution in [1.29, 1.82) is 0 Å².